The van der Waals surface area contributed by atoms with Crippen LogP contribution in [-0.2, 0) is 12.3 Å². The molecule has 2 aromatic rings. The second kappa shape index (κ2) is 6.91. The number of halogens is 3. The highest BCUT2D eigenvalue weighted by Crippen LogP contribution is 2.22. The summed E-state index contributed by atoms with van der Waals surface area (Å²) in [6.45, 7) is 0.476. The van der Waals surface area contributed by atoms with Gasteiger partial charge in [-0.15, -0.1) is 0 Å². The molecule has 0 unspecified atom stereocenters. The maximum atomic E-state index is 12.0. The van der Waals surface area contributed by atoms with Crippen molar-refractivity contribution in [2.24, 2.45) is 0 Å². The number of thioether (sulfide) groups is 1. The van der Waals surface area contributed by atoms with Gasteiger partial charge in [-0.3, -0.25) is 0 Å². The Morgan fingerprint density at radius 1 is 1.32 bits per heavy atom. The third-order valence-electron chi connectivity index (χ3n) is 2.28. The van der Waals surface area contributed by atoms with Gasteiger partial charge in [0, 0.05) is 6.20 Å². The minimum Gasteiger partial charge on any atom is -0.463 e. The van der Waals surface area contributed by atoms with E-state index >= 15 is 0 Å². The zero-order valence-electron chi connectivity index (χ0n) is 9.78. The summed E-state index contributed by atoms with van der Waals surface area (Å²) < 4.78 is 30.2. The number of aromatic nitrogens is 1. The number of nitrogens with one attached hydrogen (secondary N) is 1. The average molecular weight is 349 g/mol. The first-order valence-corrected chi connectivity index (χ1v) is 7.31. The Bertz CT molecular complexity index is 536. The van der Waals surface area contributed by atoms with Crippen molar-refractivity contribution in [1.82, 2.24) is 4.98 Å². The molecule has 0 radical (unpaired) electrons. The van der Waals surface area contributed by atoms with E-state index in [0.29, 0.717) is 29.8 Å². The molecule has 2 aromatic heterocycles. The Kier molecular flexibility index (Phi) is 5.21. The molecule has 0 aromatic carbocycles. The molecule has 102 valence electrons. The predicted molar refractivity (Wildman–Crippen MR) is 75.3 cm³/mol. The molecule has 0 saturated carbocycles. The molecule has 0 aliphatic rings. The summed E-state index contributed by atoms with van der Waals surface area (Å²) >= 11 is 3.87. The zero-order valence-corrected chi connectivity index (χ0v) is 12.2. The molecule has 3 nitrogen and oxygen atoms in total. The number of nitrogens with zero attached hydrogens (tertiary/aromatic N) is 1. The Balaban J connectivity index is 1.88. The molecule has 0 amide bonds. The fraction of sp³-hybridized carbons (Fsp3) is 0.250. The highest BCUT2D eigenvalue weighted by molar-refractivity contribution is 9.10. The standard InChI is InChI=1S/C12H11BrF2N2OS/c13-11-10(2-1-5-16-11)17-6-8-3-4-9(18-8)7-19-12(14)15/h1-5,12,17H,6-7H2. The molecule has 0 aliphatic carbocycles. The van der Waals surface area contributed by atoms with E-state index in [1.54, 1.807) is 18.3 Å². The van der Waals surface area contributed by atoms with Gasteiger partial charge in [0.2, 0.25) is 0 Å². The van der Waals surface area contributed by atoms with E-state index in [2.05, 4.69) is 26.2 Å². The van der Waals surface area contributed by atoms with Gasteiger partial charge >= 0.3 is 0 Å². The molecule has 1 N–H and O–H groups in total. The Hall–Kier alpha value is -1.08. The van der Waals surface area contributed by atoms with Gasteiger partial charge in [-0.25, -0.2) is 4.98 Å². The number of furan rings is 1. The van der Waals surface area contributed by atoms with Crippen molar-refractivity contribution in [3.63, 3.8) is 0 Å². The van der Waals surface area contributed by atoms with Crippen LogP contribution in [0, 0.1) is 0 Å². The van der Waals surface area contributed by atoms with E-state index in [1.165, 1.54) is 0 Å². The molecular formula is C12H11BrF2N2OS. The summed E-state index contributed by atoms with van der Waals surface area (Å²) in [7, 11) is 0. The lowest BCUT2D eigenvalue weighted by Crippen LogP contribution is -1.99. The molecular weight excluding hydrogens is 338 g/mol. The normalized spacial score (nSPS) is 10.9. The SMILES string of the molecule is FC(F)SCc1ccc(CNc2cccnc2Br)o1. The van der Waals surface area contributed by atoms with Crippen LogP contribution in [0.25, 0.3) is 0 Å². The zero-order chi connectivity index (χ0) is 13.7. The van der Waals surface area contributed by atoms with E-state index in [1.807, 2.05) is 12.1 Å². The first-order chi connectivity index (χ1) is 9.15. The minimum absolute atomic E-state index is 0.175. The summed E-state index contributed by atoms with van der Waals surface area (Å²) in [4.78, 5) is 4.08. The van der Waals surface area contributed by atoms with Gasteiger partial charge in [0.1, 0.15) is 16.1 Å². The van der Waals surface area contributed by atoms with Gasteiger partial charge in [-0.2, -0.15) is 8.78 Å². The summed E-state index contributed by atoms with van der Waals surface area (Å²) in [5.41, 5.74) is 0.849. The average Bonchev–Trinajstić information content (AvgIpc) is 2.83. The summed E-state index contributed by atoms with van der Waals surface area (Å²) in [6, 6.07) is 7.19. The van der Waals surface area contributed by atoms with Crippen molar-refractivity contribution in [2.75, 3.05) is 5.32 Å². The first-order valence-electron chi connectivity index (χ1n) is 5.47. The fourth-order valence-electron chi connectivity index (χ4n) is 1.44. The van der Waals surface area contributed by atoms with Crippen molar-refractivity contribution in [3.05, 3.63) is 46.6 Å². The van der Waals surface area contributed by atoms with Crippen LogP contribution in [0.4, 0.5) is 14.5 Å². The van der Waals surface area contributed by atoms with Crippen LogP contribution in [0.3, 0.4) is 0 Å². The van der Waals surface area contributed by atoms with Gasteiger partial charge in [0.25, 0.3) is 5.76 Å². The quantitative estimate of drug-likeness (QED) is 0.779. The maximum Gasteiger partial charge on any atom is 0.284 e. The largest absolute Gasteiger partial charge is 0.463 e. The van der Waals surface area contributed by atoms with E-state index in [-0.39, 0.29) is 5.75 Å². The molecule has 2 heterocycles. The summed E-state index contributed by atoms with van der Waals surface area (Å²) in [5, 5.41) is 3.15. The van der Waals surface area contributed by atoms with Gasteiger partial charge in [-0.05, 0) is 40.2 Å². The molecule has 0 bridgehead atoms. The number of pyridine rings is 1. The molecule has 0 atom stereocenters. The molecule has 2 rings (SSSR count). The molecule has 0 fully saturated rings. The lowest BCUT2D eigenvalue weighted by atomic mass is 10.4. The van der Waals surface area contributed by atoms with E-state index < -0.39 is 5.76 Å². The van der Waals surface area contributed by atoms with Crippen molar-refractivity contribution in [2.45, 2.75) is 18.1 Å². The van der Waals surface area contributed by atoms with Crippen LogP contribution in [0.1, 0.15) is 11.5 Å². The molecule has 7 heteroatoms. The van der Waals surface area contributed by atoms with Gasteiger partial charge in [-0.1, -0.05) is 11.8 Å². The van der Waals surface area contributed by atoms with Crippen LogP contribution in [-0.4, -0.2) is 10.7 Å². The number of rotatable bonds is 6. The summed E-state index contributed by atoms with van der Waals surface area (Å²) in [6.07, 6.45) is 1.68. The second-order valence-corrected chi connectivity index (χ2v) is 5.36. The Morgan fingerprint density at radius 3 is 2.84 bits per heavy atom. The van der Waals surface area contributed by atoms with Crippen LogP contribution in [0.15, 0.2) is 39.5 Å². The number of alkyl halides is 2. The second-order valence-electron chi connectivity index (χ2n) is 3.64. The van der Waals surface area contributed by atoms with Gasteiger partial charge in [0.05, 0.1) is 18.0 Å². The first kappa shape index (κ1) is 14.3. The predicted octanol–water partition coefficient (Wildman–Crippen LogP) is 4.51. The minimum atomic E-state index is -2.38. The highest BCUT2D eigenvalue weighted by atomic mass is 79.9. The van der Waals surface area contributed by atoms with Crippen molar-refractivity contribution in [3.8, 4) is 0 Å². The fourth-order valence-corrected chi connectivity index (χ4v) is 2.28. The number of anilines is 1. The number of hydrogen-bond donors (Lipinski definition) is 1. The molecule has 0 saturated heterocycles. The van der Waals surface area contributed by atoms with E-state index in [4.69, 9.17) is 4.42 Å². The van der Waals surface area contributed by atoms with E-state index in [0.717, 1.165) is 10.3 Å². The molecule has 19 heavy (non-hydrogen) atoms. The van der Waals surface area contributed by atoms with Crippen LogP contribution >= 0.6 is 27.7 Å². The van der Waals surface area contributed by atoms with Crippen molar-refractivity contribution >= 4 is 33.4 Å². The van der Waals surface area contributed by atoms with Crippen LogP contribution in [0.2, 0.25) is 0 Å². The molecule has 0 aliphatic heterocycles. The third kappa shape index (κ3) is 4.50. The van der Waals surface area contributed by atoms with Crippen LogP contribution < -0.4 is 5.32 Å². The lowest BCUT2D eigenvalue weighted by molar-refractivity contribution is 0.251. The van der Waals surface area contributed by atoms with Gasteiger partial charge in [0.15, 0.2) is 0 Å². The smallest absolute Gasteiger partial charge is 0.284 e. The Labute approximate surface area is 121 Å². The maximum absolute atomic E-state index is 12.0. The monoisotopic (exact) mass is 348 g/mol. The third-order valence-corrected chi connectivity index (χ3v) is 3.62. The topological polar surface area (TPSA) is 38.1 Å². The number of hydrogen-bond acceptors (Lipinski definition) is 4. The Morgan fingerprint density at radius 2 is 2.11 bits per heavy atom. The highest BCUT2D eigenvalue weighted by Gasteiger charge is 2.07. The van der Waals surface area contributed by atoms with E-state index in [9.17, 15) is 8.78 Å². The van der Waals surface area contributed by atoms with Crippen molar-refractivity contribution in [1.29, 1.82) is 0 Å². The lowest BCUT2D eigenvalue weighted by Gasteiger charge is -2.05. The van der Waals surface area contributed by atoms with Crippen molar-refractivity contribution < 1.29 is 13.2 Å². The molecule has 0 spiro atoms. The summed E-state index contributed by atoms with van der Waals surface area (Å²) in [5.74, 6) is -0.958. The van der Waals surface area contributed by atoms with Gasteiger partial charge < -0.3 is 9.73 Å². The van der Waals surface area contributed by atoms with Crippen LogP contribution in [0.5, 0.6) is 0 Å².